The molecule has 2 aromatic rings. The number of carbonyl (C=O) groups excluding carboxylic acids is 1. The highest BCUT2D eigenvalue weighted by atomic mass is 16.5. The lowest BCUT2D eigenvalue weighted by Crippen LogP contribution is -2.45. The van der Waals surface area contributed by atoms with Crippen LogP contribution in [0.15, 0.2) is 48.5 Å². The maximum absolute atomic E-state index is 12.5. The van der Waals surface area contributed by atoms with E-state index in [1.165, 1.54) is 5.56 Å². The van der Waals surface area contributed by atoms with Crippen molar-refractivity contribution in [3.63, 3.8) is 0 Å². The van der Waals surface area contributed by atoms with Gasteiger partial charge in [0.2, 0.25) is 0 Å². The molecule has 2 atom stereocenters. The van der Waals surface area contributed by atoms with Gasteiger partial charge < -0.3 is 14.8 Å². The number of hydrogen-bond donors (Lipinski definition) is 1. The molecule has 1 aliphatic heterocycles. The zero-order valence-electron chi connectivity index (χ0n) is 16.3. The third-order valence-electron chi connectivity index (χ3n) is 4.78. The van der Waals surface area contributed by atoms with Gasteiger partial charge in [-0.2, -0.15) is 0 Å². The van der Waals surface area contributed by atoms with Crippen molar-refractivity contribution >= 4 is 5.91 Å². The molecule has 3 rings (SSSR count). The molecule has 144 valence electrons. The van der Waals surface area contributed by atoms with Crippen LogP contribution >= 0.6 is 0 Å². The van der Waals surface area contributed by atoms with Crippen molar-refractivity contribution in [1.29, 1.82) is 0 Å². The third kappa shape index (κ3) is 5.31. The molecule has 27 heavy (non-hydrogen) atoms. The van der Waals surface area contributed by atoms with Gasteiger partial charge in [0.05, 0.1) is 19.3 Å². The van der Waals surface area contributed by atoms with Crippen LogP contribution in [-0.2, 0) is 17.8 Å². The minimum Gasteiger partial charge on any atom is -0.497 e. The lowest BCUT2D eigenvalue weighted by Gasteiger charge is -2.35. The van der Waals surface area contributed by atoms with Gasteiger partial charge >= 0.3 is 0 Å². The first-order valence-corrected chi connectivity index (χ1v) is 9.42. The van der Waals surface area contributed by atoms with Crippen LogP contribution in [0.1, 0.15) is 35.3 Å². The molecule has 0 aliphatic carbocycles. The Morgan fingerprint density at radius 1 is 1.11 bits per heavy atom. The highest BCUT2D eigenvalue weighted by Gasteiger charge is 2.22. The van der Waals surface area contributed by atoms with Gasteiger partial charge in [0.25, 0.3) is 5.91 Å². The molecule has 2 unspecified atom stereocenters. The Morgan fingerprint density at radius 3 is 2.52 bits per heavy atom. The van der Waals surface area contributed by atoms with E-state index in [4.69, 9.17) is 9.47 Å². The Labute approximate surface area is 161 Å². The highest BCUT2D eigenvalue weighted by molar-refractivity contribution is 5.94. The van der Waals surface area contributed by atoms with E-state index in [-0.39, 0.29) is 18.1 Å². The minimum atomic E-state index is -0.0997. The van der Waals surface area contributed by atoms with E-state index in [1.54, 1.807) is 19.2 Å². The standard InChI is InChI=1S/C22H28N2O3/c1-16-13-24(14-17(2)27-16)15-20-8-5-4-7-19(20)12-23-22(25)18-9-6-10-21(11-18)26-3/h4-11,16-17H,12-15H2,1-3H3,(H,23,25). The Balaban J connectivity index is 1.64. The quantitative estimate of drug-likeness (QED) is 0.850. The summed E-state index contributed by atoms with van der Waals surface area (Å²) in [6.45, 7) is 7.44. The number of ether oxygens (including phenoxy) is 2. The zero-order chi connectivity index (χ0) is 19.2. The zero-order valence-corrected chi connectivity index (χ0v) is 16.3. The van der Waals surface area contributed by atoms with Crippen LogP contribution in [0.3, 0.4) is 0 Å². The Kier molecular flexibility index (Phi) is 6.48. The summed E-state index contributed by atoms with van der Waals surface area (Å²) in [6, 6.07) is 15.5. The van der Waals surface area contributed by atoms with E-state index in [0.717, 1.165) is 25.2 Å². The van der Waals surface area contributed by atoms with E-state index in [9.17, 15) is 4.79 Å². The van der Waals surface area contributed by atoms with E-state index >= 15 is 0 Å². The Hall–Kier alpha value is -2.37. The number of nitrogens with one attached hydrogen (secondary N) is 1. The Bertz CT molecular complexity index is 768. The summed E-state index contributed by atoms with van der Waals surface area (Å²) in [4.78, 5) is 14.9. The van der Waals surface area contributed by atoms with Crippen LogP contribution in [0.4, 0.5) is 0 Å². The largest absolute Gasteiger partial charge is 0.497 e. The van der Waals surface area contributed by atoms with Gasteiger partial charge in [0, 0.05) is 31.7 Å². The maximum atomic E-state index is 12.5. The number of benzene rings is 2. The molecule has 1 N–H and O–H groups in total. The highest BCUT2D eigenvalue weighted by Crippen LogP contribution is 2.17. The molecule has 1 fully saturated rings. The van der Waals surface area contributed by atoms with E-state index in [2.05, 4.69) is 42.3 Å². The van der Waals surface area contributed by atoms with E-state index in [0.29, 0.717) is 17.9 Å². The molecular weight excluding hydrogens is 340 g/mol. The maximum Gasteiger partial charge on any atom is 0.251 e. The predicted octanol–water partition coefficient (Wildman–Crippen LogP) is 3.23. The van der Waals surface area contributed by atoms with Gasteiger partial charge in [-0.05, 0) is 43.2 Å². The summed E-state index contributed by atoms with van der Waals surface area (Å²) in [5, 5.41) is 3.02. The Morgan fingerprint density at radius 2 is 1.81 bits per heavy atom. The summed E-state index contributed by atoms with van der Waals surface area (Å²) in [5.41, 5.74) is 2.98. The average Bonchev–Trinajstić information content (AvgIpc) is 2.66. The lowest BCUT2D eigenvalue weighted by atomic mass is 10.1. The summed E-state index contributed by atoms with van der Waals surface area (Å²) in [5.74, 6) is 0.580. The molecule has 0 radical (unpaired) electrons. The number of morpholine rings is 1. The molecule has 0 spiro atoms. The van der Waals surface area contributed by atoms with Crippen molar-refractivity contribution in [1.82, 2.24) is 10.2 Å². The summed E-state index contributed by atoms with van der Waals surface area (Å²) < 4.78 is 11.0. The fourth-order valence-corrected chi connectivity index (χ4v) is 3.58. The molecule has 0 saturated carbocycles. The van der Waals surface area contributed by atoms with Crippen molar-refractivity contribution in [2.24, 2.45) is 0 Å². The van der Waals surface area contributed by atoms with Crippen LogP contribution in [0.5, 0.6) is 5.75 Å². The fourth-order valence-electron chi connectivity index (χ4n) is 3.58. The van der Waals surface area contributed by atoms with Crippen molar-refractivity contribution in [3.8, 4) is 5.75 Å². The van der Waals surface area contributed by atoms with Crippen molar-refractivity contribution in [3.05, 3.63) is 65.2 Å². The third-order valence-corrected chi connectivity index (χ3v) is 4.78. The number of hydrogen-bond acceptors (Lipinski definition) is 4. The smallest absolute Gasteiger partial charge is 0.251 e. The predicted molar refractivity (Wildman–Crippen MR) is 106 cm³/mol. The molecular formula is C22H28N2O3. The second kappa shape index (κ2) is 9.02. The minimum absolute atomic E-state index is 0.0997. The van der Waals surface area contributed by atoms with Gasteiger partial charge in [0.15, 0.2) is 0 Å². The van der Waals surface area contributed by atoms with Crippen LogP contribution < -0.4 is 10.1 Å². The fraction of sp³-hybridized carbons (Fsp3) is 0.409. The molecule has 1 aliphatic rings. The number of carbonyl (C=O) groups is 1. The number of methoxy groups -OCH3 is 1. The second-order valence-corrected chi connectivity index (χ2v) is 7.13. The summed E-state index contributed by atoms with van der Waals surface area (Å²) >= 11 is 0. The first kappa shape index (κ1) is 19.4. The first-order chi connectivity index (χ1) is 13.0. The summed E-state index contributed by atoms with van der Waals surface area (Å²) in [7, 11) is 1.60. The number of nitrogens with zero attached hydrogens (tertiary/aromatic N) is 1. The average molecular weight is 368 g/mol. The molecule has 5 nitrogen and oxygen atoms in total. The number of amides is 1. The van der Waals surface area contributed by atoms with Crippen LogP contribution in [0.25, 0.3) is 0 Å². The van der Waals surface area contributed by atoms with Crippen molar-refractivity contribution in [2.45, 2.75) is 39.1 Å². The molecule has 2 aromatic carbocycles. The van der Waals surface area contributed by atoms with Crippen molar-refractivity contribution < 1.29 is 14.3 Å². The summed E-state index contributed by atoms with van der Waals surface area (Å²) in [6.07, 6.45) is 0.488. The molecule has 1 amide bonds. The number of rotatable bonds is 6. The molecule has 5 heteroatoms. The monoisotopic (exact) mass is 368 g/mol. The van der Waals surface area contributed by atoms with Crippen LogP contribution in [0.2, 0.25) is 0 Å². The van der Waals surface area contributed by atoms with Gasteiger partial charge in [-0.1, -0.05) is 30.3 Å². The van der Waals surface area contributed by atoms with Gasteiger partial charge in [-0.25, -0.2) is 0 Å². The second-order valence-electron chi connectivity index (χ2n) is 7.13. The SMILES string of the molecule is COc1cccc(C(=O)NCc2ccccc2CN2CC(C)OC(C)C2)c1. The van der Waals surface area contributed by atoms with Gasteiger partial charge in [-0.15, -0.1) is 0 Å². The first-order valence-electron chi connectivity index (χ1n) is 9.42. The topological polar surface area (TPSA) is 50.8 Å². The lowest BCUT2D eigenvalue weighted by molar-refractivity contribution is -0.0705. The molecule has 1 heterocycles. The normalized spacial score (nSPS) is 20.3. The van der Waals surface area contributed by atoms with E-state index < -0.39 is 0 Å². The van der Waals surface area contributed by atoms with Crippen molar-refractivity contribution in [2.75, 3.05) is 20.2 Å². The van der Waals surface area contributed by atoms with Crippen LogP contribution in [-0.4, -0.2) is 43.2 Å². The van der Waals surface area contributed by atoms with Crippen LogP contribution in [0, 0.1) is 0 Å². The molecule has 0 bridgehead atoms. The molecule has 1 saturated heterocycles. The molecule has 0 aromatic heterocycles. The van der Waals surface area contributed by atoms with Gasteiger partial charge in [0.1, 0.15) is 5.75 Å². The van der Waals surface area contributed by atoms with Gasteiger partial charge in [-0.3, -0.25) is 9.69 Å². The van der Waals surface area contributed by atoms with E-state index in [1.807, 2.05) is 18.2 Å².